The first-order valence-corrected chi connectivity index (χ1v) is 9.88. The Balaban J connectivity index is 1.64. The van der Waals surface area contributed by atoms with Crippen LogP contribution in [-0.2, 0) is 10.1 Å². The van der Waals surface area contributed by atoms with Crippen LogP contribution >= 0.6 is 0 Å². The van der Waals surface area contributed by atoms with Gasteiger partial charge in [-0.05, 0) is 48.5 Å². The highest BCUT2D eigenvalue weighted by atomic mass is 32.2. The number of halogens is 1. The molecule has 7 nitrogen and oxygen atoms in total. The Hall–Kier alpha value is -3.72. The predicted octanol–water partition coefficient (Wildman–Crippen LogP) is 3.72. The number of fused-ring (bicyclic) bond motifs is 1. The van der Waals surface area contributed by atoms with Gasteiger partial charge in [-0.25, -0.2) is 4.39 Å². The van der Waals surface area contributed by atoms with E-state index in [4.69, 9.17) is 4.18 Å². The molecular weight excluding hydrogens is 397 g/mol. The fourth-order valence-corrected chi connectivity index (χ4v) is 3.68. The molecule has 0 spiro atoms. The summed E-state index contributed by atoms with van der Waals surface area (Å²) in [6, 6.07) is 17.7. The summed E-state index contributed by atoms with van der Waals surface area (Å²) in [6.45, 7) is 0. The number of aromatic nitrogens is 2. The smallest absolute Gasteiger partial charge is 0.339 e. The second-order valence-electron chi connectivity index (χ2n) is 6.09. The third kappa shape index (κ3) is 3.94. The predicted molar refractivity (Wildman–Crippen MR) is 105 cm³/mol. The number of nitrogens with zero attached hydrogens (tertiary/aromatic N) is 1. The topological polar surface area (TPSA) is 101 Å². The summed E-state index contributed by atoms with van der Waals surface area (Å²) in [7, 11) is -4.24. The fourth-order valence-electron chi connectivity index (χ4n) is 2.73. The molecule has 0 bridgehead atoms. The third-order valence-corrected chi connectivity index (χ3v) is 5.31. The maximum atomic E-state index is 13.3. The number of H-pyrrole nitrogens is 1. The van der Waals surface area contributed by atoms with Crippen molar-refractivity contribution in [2.45, 2.75) is 4.90 Å². The lowest BCUT2D eigenvalue weighted by molar-refractivity contribution is 0.102. The number of anilines is 1. The van der Waals surface area contributed by atoms with E-state index in [2.05, 4.69) is 15.5 Å². The molecule has 2 N–H and O–H groups in total. The average Bonchev–Trinajstić information content (AvgIpc) is 3.12. The van der Waals surface area contributed by atoms with Gasteiger partial charge in [-0.2, -0.15) is 13.5 Å². The summed E-state index contributed by atoms with van der Waals surface area (Å²) in [4.78, 5) is 12.2. The van der Waals surface area contributed by atoms with Crippen LogP contribution in [0, 0.1) is 5.82 Å². The second kappa shape index (κ2) is 7.36. The van der Waals surface area contributed by atoms with Gasteiger partial charge in [0.15, 0.2) is 5.69 Å². The number of nitrogens with one attached hydrogen (secondary N) is 2. The van der Waals surface area contributed by atoms with Gasteiger partial charge in [0.2, 0.25) is 0 Å². The largest absolute Gasteiger partial charge is 0.379 e. The van der Waals surface area contributed by atoms with Crippen molar-refractivity contribution in [1.82, 2.24) is 10.2 Å². The molecule has 0 aliphatic carbocycles. The zero-order valence-electron chi connectivity index (χ0n) is 14.8. The van der Waals surface area contributed by atoms with Gasteiger partial charge < -0.3 is 9.50 Å². The molecule has 0 fully saturated rings. The van der Waals surface area contributed by atoms with Crippen LogP contribution in [0.4, 0.5) is 10.1 Å². The summed E-state index contributed by atoms with van der Waals surface area (Å²) in [5, 5.41) is 9.82. The van der Waals surface area contributed by atoms with E-state index in [9.17, 15) is 17.6 Å². The van der Waals surface area contributed by atoms with Crippen LogP contribution in [0.2, 0.25) is 0 Å². The van der Waals surface area contributed by atoms with Gasteiger partial charge in [0.1, 0.15) is 16.5 Å². The van der Waals surface area contributed by atoms with E-state index >= 15 is 0 Å². The Morgan fingerprint density at radius 3 is 2.55 bits per heavy atom. The minimum absolute atomic E-state index is 0.0306. The van der Waals surface area contributed by atoms with Gasteiger partial charge >= 0.3 is 10.1 Å². The molecule has 0 saturated carbocycles. The van der Waals surface area contributed by atoms with Crippen molar-refractivity contribution in [3.05, 3.63) is 84.3 Å². The minimum atomic E-state index is -4.24. The average molecular weight is 411 g/mol. The Morgan fingerprint density at radius 1 is 1.00 bits per heavy atom. The minimum Gasteiger partial charge on any atom is -0.379 e. The molecule has 0 radical (unpaired) electrons. The highest BCUT2D eigenvalue weighted by Gasteiger charge is 2.20. The molecule has 0 saturated heterocycles. The third-order valence-electron chi connectivity index (χ3n) is 4.07. The number of aromatic amines is 1. The molecular formula is C20H14FN3O4S. The lowest BCUT2D eigenvalue weighted by Crippen LogP contribution is -2.13. The van der Waals surface area contributed by atoms with E-state index in [0.29, 0.717) is 16.6 Å². The maximum Gasteiger partial charge on any atom is 0.339 e. The quantitative estimate of drug-likeness (QED) is 0.488. The number of rotatable bonds is 5. The normalized spacial score (nSPS) is 11.3. The van der Waals surface area contributed by atoms with Crippen LogP contribution in [0.3, 0.4) is 0 Å². The van der Waals surface area contributed by atoms with Crippen molar-refractivity contribution in [2.24, 2.45) is 0 Å². The first-order chi connectivity index (χ1) is 13.9. The SMILES string of the molecule is O=C(Nc1ccccc1)c1n[nH]c2ccc(OS(=O)(=O)c3cccc(F)c3)cc12. The lowest BCUT2D eigenvalue weighted by Gasteiger charge is -2.07. The summed E-state index contributed by atoms with van der Waals surface area (Å²) >= 11 is 0. The lowest BCUT2D eigenvalue weighted by atomic mass is 10.2. The molecule has 4 aromatic rings. The van der Waals surface area contributed by atoms with Crippen LogP contribution in [0.5, 0.6) is 5.75 Å². The van der Waals surface area contributed by atoms with E-state index in [1.165, 1.54) is 30.3 Å². The van der Waals surface area contributed by atoms with E-state index < -0.39 is 21.8 Å². The first-order valence-electron chi connectivity index (χ1n) is 8.47. The number of hydrogen-bond acceptors (Lipinski definition) is 5. The summed E-state index contributed by atoms with van der Waals surface area (Å²) < 4.78 is 43.2. The standard InChI is InChI=1S/C20H14FN3O4S/c21-13-5-4-8-16(11-13)29(26,27)28-15-9-10-18-17(12-15)19(24-23-18)20(25)22-14-6-2-1-3-7-14/h1-12H,(H,22,25)(H,23,24). The molecule has 146 valence electrons. The molecule has 0 atom stereocenters. The molecule has 0 aliphatic rings. The van der Waals surface area contributed by atoms with Crippen molar-refractivity contribution in [1.29, 1.82) is 0 Å². The molecule has 1 aromatic heterocycles. The van der Waals surface area contributed by atoms with Gasteiger partial charge in [-0.3, -0.25) is 9.89 Å². The van der Waals surface area contributed by atoms with Crippen LogP contribution in [0.1, 0.15) is 10.5 Å². The Labute approximate surface area is 165 Å². The molecule has 1 heterocycles. The highest BCUT2D eigenvalue weighted by Crippen LogP contribution is 2.26. The van der Waals surface area contributed by atoms with Gasteiger partial charge in [0.05, 0.1) is 5.52 Å². The van der Waals surface area contributed by atoms with E-state index in [1.54, 1.807) is 24.3 Å². The van der Waals surface area contributed by atoms with Gasteiger partial charge in [0, 0.05) is 11.1 Å². The zero-order valence-corrected chi connectivity index (χ0v) is 15.6. The monoisotopic (exact) mass is 411 g/mol. The Morgan fingerprint density at radius 2 is 1.79 bits per heavy atom. The number of para-hydroxylation sites is 1. The van der Waals surface area contributed by atoms with Gasteiger partial charge in [-0.1, -0.05) is 24.3 Å². The van der Waals surface area contributed by atoms with Gasteiger partial charge in [-0.15, -0.1) is 0 Å². The molecule has 29 heavy (non-hydrogen) atoms. The fraction of sp³-hybridized carbons (Fsp3) is 0. The molecule has 3 aromatic carbocycles. The second-order valence-corrected chi connectivity index (χ2v) is 7.64. The highest BCUT2D eigenvalue weighted by molar-refractivity contribution is 7.87. The number of carbonyl (C=O) groups is 1. The van der Waals surface area contributed by atoms with Crippen LogP contribution in [0.15, 0.2) is 77.7 Å². The molecule has 1 amide bonds. The number of amides is 1. The van der Waals surface area contributed by atoms with Crippen LogP contribution in [0.25, 0.3) is 10.9 Å². The van der Waals surface area contributed by atoms with Crippen molar-refractivity contribution in [3.8, 4) is 5.75 Å². The van der Waals surface area contributed by atoms with Gasteiger partial charge in [0.25, 0.3) is 5.91 Å². The summed E-state index contributed by atoms with van der Waals surface area (Å²) in [6.07, 6.45) is 0. The van der Waals surface area contributed by atoms with E-state index in [1.807, 2.05) is 6.07 Å². The van der Waals surface area contributed by atoms with Crippen molar-refractivity contribution in [2.75, 3.05) is 5.32 Å². The summed E-state index contributed by atoms with van der Waals surface area (Å²) in [5.41, 5.74) is 1.20. The Bertz CT molecular complexity index is 1300. The molecule has 0 aliphatic heterocycles. The van der Waals surface area contributed by atoms with E-state index in [-0.39, 0.29) is 16.3 Å². The maximum absolute atomic E-state index is 13.3. The van der Waals surface area contributed by atoms with Crippen molar-refractivity contribution >= 4 is 32.6 Å². The summed E-state index contributed by atoms with van der Waals surface area (Å²) in [5.74, 6) is -1.19. The van der Waals surface area contributed by atoms with E-state index in [0.717, 1.165) is 12.1 Å². The number of carbonyl (C=O) groups excluding carboxylic acids is 1. The number of hydrogen-bond donors (Lipinski definition) is 2. The van der Waals surface area contributed by atoms with Crippen molar-refractivity contribution in [3.63, 3.8) is 0 Å². The first kappa shape index (κ1) is 18.6. The molecule has 4 rings (SSSR count). The molecule has 9 heteroatoms. The Kier molecular flexibility index (Phi) is 4.73. The van der Waals surface area contributed by atoms with Crippen LogP contribution < -0.4 is 9.50 Å². The number of benzene rings is 3. The van der Waals surface area contributed by atoms with Crippen molar-refractivity contribution < 1.29 is 21.8 Å². The van der Waals surface area contributed by atoms with Crippen LogP contribution in [-0.4, -0.2) is 24.5 Å². The molecule has 0 unspecified atom stereocenters. The zero-order chi connectivity index (χ0) is 20.4.